The summed E-state index contributed by atoms with van der Waals surface area (Å²) in [7, 11) is 3.90. The zero-order valence-electron chi connectivity index (χ0n) is 13.0. The van der Waals surface area contributed by atoms with Gasteiger partial charge >= 0.3 is 0 Å². The molecule has 0 unspecified atom stereocenters. The third kappa shape index (κ3) is 2.83. The average Bonchev–Trinajstić information content (AvgIpc) is 3.24. The van der Waals surface area contributed by atoms with E-state index in [1.54, 1.807) is 4.52 Å². The van der Waals surface area contributed by atoms with E-state index in [9.17, 15) is 0 Å². The Morgan fingerprint density at radius 3 is 2.71 bits per heavy atom. The van der Waals surface area contributed by atoms with Crippen LogP contribution in [0.4, 0.5) is 5.13 Å². The van der Waals surface area contributed by atoms with Gasteiger partial charge in [0.2, 0.25) is 5.13 Å². The molecule has 7 nitrogen and oxygen atoms in total. The van der Waals surface area contributed by atoms with Crippen molar-refractivity contribution in [3.05, 3.63) is 42.7 Å². The predicted molar refractivity (Wildman–Crippen MR) is 94.6 cm³/mol. The number of nitrogens with zero attached hydrogens (tertiary/aromatic N) is 7. The second kappa shape index (κ2) is 6.17. The molecule has 0 aliphatic rings. The Kier molecular flexibility index (Phi) is 3.87. The molecule has 3 heterocycles. The van der Waals surface area contributed by atoms with Gasteiger partial charge in [0, 0.05) is 19.7 Å². The Morgan fingerprint density at radius 2 is 1.96 bits per heavy atom. The summed E-state index contributed by atoms with van der Waals surface area (Å²) in [6, 6.07) is 12.0. The molecule has 0 N–H and O–H groups in total. The van der Waals surface area contributed by atoms with Gasteiger partial charge in [0.1, 0.15) is 11.4 Å². The van der Waals surface area contributed by atoms with E-state index in [4.69, 9.17) is 0 Å². The topological polar surface area (TPSA) is 72.1 Å². The molecule has 0 saturated carbocycles. The van der Waals surface area contributed by atoms with Gasteiger partial charge in [0.25, 0.3) is 5.78 Å². The van der Waals surface area contributed by atoms with Crippen molar-refractivity contribution >= 4 is 34.0 Å². The van der Waals surface area contributed by atoms with Gasteiger partial charge in [0.15, 0.2) is 4.34 Å². The molecule has 4 rings (SSSR count). The molecule has 0 saturated heterocycles. The lowest BCUT2D eigenvalue weighted by atomic mass is 10.1. The summed E-state index contributed by atoms with van der Waals surface area (Å²) in [5.74, 6) is 0.566. The smallest absolute Gasteiger partial charge is 0.253 e. The number of hydrogen-bond donors (Lipinski definition) is 0. The van der Waals surface area contributed by atoms with Gasteiger partial charge in [-0.05, 0) is 17.8 Å². The molecule has 4 aromatic rings. The highest BCUT2D eigenvalue weighted by Gasteiger charge is 2.13. The molecular formula is C15H13N7S2. The second-order valence-corrected chi connectivity index (χ2v) is 7.39. The summed E-state index contributed by atoms with van der Waals surface area (Å²) >= 11 is 3.04. The van der Waals surface area contributed by atoms with Gasteiger partial charge in [-0.3, -0.25) is 0 Å². The first kappa shape index (κ1) is 15.0. The van der Waals surface area contributed by atoms with Gasteiger partial charge in [-0.1, -0.05) is 41.7 Å². The van der Waals surface area contributed by atoms with E-state index in [1.807, 2.05) is 55.4 Å². The molecule has 1 aromatic carbocycles. The minimum absolute atomic E-state index is 0.566. The van der Waals surface area contributed by atoms with E-state index in [-0.39, 0.29) is 0 Å². The number of hydrogen-bond acceptors (Lipinski definition) is 8. The maximum atomic E-state index is 4.58. The second-order valence-electron chi connectivity index (χ2n) is 5.16. The highest BCUT2D eigenvalue weighted by molar-refractivity contribution is 8.01. The fourth-order valence-electron chi connectivity index (χ4n) is 2.13. The van der Waals surface area contributed by atoms with Gasteiger partial charge in [-0.2, -0.15) is 14.6 Å². The molecule has 0 bridgehead atoms. The van der Waals surface area contributed by atoms with Crippen LogP contribution in [-0.2, 0) is 0 Å². The summed E-state index contributed by atoms with van der Waals surface area (Å²) in [4.78, 5) is 10.7. The molecule has 9 heteroatoms. The van der Waals surface area contributed by atoms with Crippen LogP contribution >= 0.6 is 23.1 Å². The molecular weight excluding hydrogens is 342 g/mol. The van der Waals surface area contributed by atoms with Crippen LogP contribution in [0.1, 0.15) is 0 Å². The van der Waals surface area contributed by atoms with E-state index < -0.39 is 0 Å². The fourth-order valence-corrected chi connectivity index (χ4v) is 3.92. The lowest BCUT2D eigenvalue weighted by Gasteiger charge is -2.06. The lowest BCUT2D eigenvalue weighted by molar-refractivity contribution is 0.842. The van der Waals surface area contributed by atoms with Gasteiger partial charge in [-0.25, -0.2) is 4.98 Å². The van der Waals surface area contributed by atoms with Crippen molar-refractivity contribution in [1.82, 2.24) is 29.8 Å². The van der Waals surface area contributed by atoms with Crippen LogP contribution in [0.15, 0.2) is 52.1 Å². The summed E-state index contributed by atoms with van der Waals surface area (Å²) in [6.07, 6.45) is 1.51. The van der Waals surface area contributed by atoms with E-state index in [0.717, 1.165) is 25.8 Å². The Bertz CT molecular complexity index is 978. The number of aromatic nitrogens is 6. The fraction of sp³-hybridized carbons (Fsp3) is 0.133. The SMILES string of the molecule is CN(C)c1nnc(Sc2cc(-c3ccccc3)nc3ncnn23)s1. The van der Waals surface area contributed by atoms with Crippen LogP contribution in [0.3, 0.4) is 0 Å². The van der Waals surface area contributed by atoms with Gasteiger partial charge in [0.05, 0.1) is 5.69 Å². The molecule has 120 valence electrons. The maximum Gasteiger partial charge on any atom is 0.253 e. The summed E-state index contributed by atoms with van der Waals surface area (Å²) < 4.78 is 2.56. The molecule has 0 radical (unpaired) electrons. The van der Waals surface area contributed by atoms with Crippen LogP contribution in [0.25, 0.3) is 17.0 Å². The van der Waals surface area contributed by atoms with Gasteiger partial charge in [-0.15, -0.1) is 10.2 Å². The zero-order chi connectivity index (χ0) is 16.5. The first-order chi connectivity index (χ1) is 11.7. The summed E-state index contributed by atoms with van der Waals surface area (Å²) in [6.45, 7) is 0. The Morgan fingerprint density at radius 1 is 1.12 bits per heavy atom. The van der Waals surface area contributed by atoms with Crippen LogP contribution in [0.5, 0.6) is 0 Å². The van der Waals surface area contributed by atoms with Crippen molar-refractivity contribution in [3.8, 4) is 11.3 Å². The summed E-state index contributed by atoms with van der Waals surface area (Å²) in [5.41, 5.74) is 1.90. The van der Waals surface area contributed by atoms with Crippen LogP contribution in [0, 0.1) is 0 Å². The van der Waals surface area contributed by atoms with E-state index in [1.165, 1.54) is 29.4 Å². The molecule has 0 spiro atoms. The van der Waals surface area contributed by atoms with Crippen molar-refractivity contribution in [2.24, 2.45) is 0 Å². The van der Waals surface area contributed by atoms with Crippen molar-refractivity contribution in [1.29, 1.82) is 0 Å². The van der Waals surface area contributed by atoms with Gasteiger partial charge < -0.3 is 4.90 Å². The number of rotatable bonds is 4. The van der Waals surface area contributed by atoms with Crippen LogP contribution < -0.4 is 4.90 Å². The number of anilines is 1. The average molecular weight is 355 g/mol. The molecule has 0 aliphatic carbocycles. The predicted octanol–water partition coefficient (Wildman–Crippen LogP) is 2.86. The first-order valence-corrected chi connectivity index (χ1v) is 8.79. The van der Waals surface area contributed by atoms with Crippen molar-refractivity contribution in [2.45, 2.75) is 9.37 Å². The van der Waals surface area contributed by atoms with E-state index >= 15 is 0 Å². The largest absolute Gasteiger partial charge is 0.353 e. The van der Waals surface area contributed by atoms with Crippen LogP contribution in [0.2, 0.25) is 0 Å². The van der Waals surface area contributed by atoms with Crippen molar-refractivity contribution in [3.63, 3.8) is 0 Å². The Labute approximate surface area is 146 Å². The van der Waals surface area contributed by atoms with Crippen LogP contribution in [-0.4, -0.2) is 43.9 Å². The Hall–Kier alpha value is -2.52. The van der Waals surface area contributed by atoms with Crippen molar-refractivity contribution < 1.29 is 0 Å². The Balaban J connectivity index is 1.77. The maximum absolute atomic E-state index is 4.58. The molecule has 0 fully saturated rings. The minimum Gasteiger partial charge on any atom is -0.353 e. The molecule has 0 aliphatic heterocycles. The van der Waals surface area contributed by atoms with E-state index in [0.29, 0.717) is 5.78 Å². The zero-order valence-corrected chi connectivity index (χ0v) is 14.6. The number of fused-ring (bicyclic) bond motifs is 1. The first-order valence-electron chi connectivity index (χ1n) is 7.15. The molecule has 0 atom stereocenters. The monoisotopic (exact) mass is 355 g/mol. The number of benzene rings is 1. The van der Waals surface area contributed by atoms with E-state index in [2.05, 4.69) is 25.3 Å². The normalized spacial score (nSPS) is 11.1. The molecule has 3 aromatic heterocycles. The highest BCUT2D eigenvalue weighted by atomic mass is 32.2. The lowest BCUT2D eigenvalue weighted by Crippen LogP contribution is -2.07. The third-order valence-electron chi connectivity index (χ3n) is 3.26. The highest BCUT2D eigenvalue weighted by Crippen LogP contribution is 2.34. The summed E-state index contributed by atoms with van der Waals surface area (Å²) in [5, 5.41) is 14.4. The minimum atomic E-state index is 0.566. The third-order valence-corrected chi connectivity index (χ3v) is 5.40. The molecule has 24 heavy (non-hydrogen) atoms. The quantitative estimate of drug-likeness (QED) is 0.521. The van der Waals surface area contributed by atoms with Crippen molar-refractivity contribution in [2.75, 3.05) is 19.0 Å². The molecule has 0 amide bonds. The standard InChI is InChI=1S/C15H13N7S2/c1-21(2)14-19-20-15(24-14)23-12-8-11(10-6-4-3-5-7-10)18-13-16-9-17-22(12)13/h3-9H,1-2H3.